The third-order valence-electron chi connectivity index (χ3n) is 6.22. The van der Waals surface area contributed by atoms with Gasteiger partial charge in [-0.1, -0.05) is 62.3 Å². The van der Waals surface area contributed by atoms with Crippen LogP contribution < -0.4 is 10.6 Å². The summed E-state index contributed by atoms with van der Waals surface area (Å²) < 4.78 is 0. The van der Waals surface area contributed by atoms with Gasteiger partial charge in [0.15, 0.2) is 0 Å². The lowest BCUT2D eigenvalue weighted by Gasteiger charge is -2.20. The van der Waals surface area contributed by atoms with Crippen molar-refractivity contribution in [2.75, 3.05) is 13.1 Å². The van der Waals surface area contributed by atoms with E-state index in [1.54, 1.807) is 0 Å². The van der Waals surface area contributed by atoms with Crippen molar-refractivity contribution in [3.05, 3.63) is 0 Å². The van der Waals surface area contributed by atoms with E-state index in [1.807, 2.05) is 20.8 Å². The van der Waals surface area contributed by atoms with Crippen LogP contribution in [0.4, 0.5) is 0 Å². The zero-order valence-electron chi connectivity index (χ0n) is 27.8. The minimum atomic E-state index is -0.240. The molecule has 0 atom stereocenters. The van der Waals surface area contributed by atoms with Crippen molar-refractivity contribution in [2.45, 2.75) is 159 Å². The number of rotatable bonds is 16. The van der Waals surface area contributed by atoms with Gasteiger partial charge < -0.3 is 10.6 Å². The molecule has 6 heteroatoms. The molecule has 0 radical (unpaired) electrons. The van der Waals surface area contributed by atoms with E-state index in [0.717, 1.165) is 32.1 Å². The second-order valence-electron chi connectivity index (χ2n) is 15.5. The van der Waals surface area contributed by atoms with Crippen LogP contribution in [0.15, 0.2) is 0 Å². The van der Waals surface area contributed by atoms with E-state index in [9.17, 15) is 19.2 Å². The van der Waals surface area contributed by atoms with Crippen molar-refractivity contribution in [2.24, 2.45) is 16.2 Å². The lowest BCUT2D eigenvalue weighted by atomic mass is 9.87. The predicted molar refractivity (Wildman–Crippen MR) is 165 cm³/mol. The molecule has 0 saturated carbocycles. The SMILES string of the molecule is CC(C)(C)CCC(=O)CCCCC(=O)C(C)(C)C.CC(C)(C)CCC(=O)CCCNC(=O)CCNC(C)(C)C. The molecule has 0 saturated heterocycles. The van der Waals surface area contributed by atoms with Gasteiger partial charge in [-0.15, -0.1) is 0 Å². The Balaban J connectivity index is 0. The molecule has 0 rings (SSSR count). The molecular formula is C33H64N2O4. The number of amides is 1. The van der Waals surface area contributed by atoms with Gasteiger partial charge in [-0.3, -0.25) is 19.2 Å². The Bertz CT molecular complexity index is 729. The Hall–Kier alpha value is -1.56. The minimum absolute atomic E-state index is 0.0414. The van der Waals surface area contributed by atoms with Crippen molar-refractivity contribution in [1.82, 2.24) is 10.6 Å². The largest absolute Gasteiger partial charge is 0.356 e. The molecule has 0 aliphatic rings. The first kappa shape index (κ1) is 39.6. The quantitative estimate of drug-likeness (QED) is 0.192. The Kier molecular flexibility index (Phi) is 19.0. The average molecular weight is 553 g/mol. The predicted octanol–water partition coefficient (Wildman–Crippen LogP) is 7.61. The number of nitrogens with one attached hydrogen (secondary N) is 2. The summed E-state index contributed by atoms with van der Waals surface area (Å²) in [6, 6.07) is 0. The zero-order chi connectivity index (χ0) is 30.9. The summed E-state index contributed by atoms with van der Waals surface area (Å²) in [4.78, 5) is 46.6. The molecule has 0 aromatic carbocycles. The molecule has 0 bridgehead atoms. The molecule has 1 amide bonds. The number of hydrogen-bond donors (Lipinski definition) is 2. The van der Waals surface area contributed by atoms with Crippen molar-refractivity contribution < 1.29 is 19.2 Å². The molecule has 0 aliphatic carbocycles. The Morgan fingerprint density at radius 1 is 0.513 bits per heavy atom. The first-order chi connectivity index (χ1) is 17.5. The van der Waals surface area contributed by atoms with E-state index in [1.165, 1.54) is 0 Å². The van der Waals surface area contributed by atoms with E-state index in [-0.39, 0.29) is 27.7 Å². The molecular weight excluding hydrogens is 488 g/mol. The first-order valence-electron chi connectivity index (χ1n) is 15.1. The third-order valence-corrected chi connectivity index (χ3v) is 6.22. The molecule has 0 unspecified atom stereocenters. The molecule has 0 fully saturated rings. The summed E-state index contributed by atoms with van der Waals surface area (Å²) >= 11 is 0. The summed E-state index contributed by atoms with van der Waals surface area (Å²) in [5, 5.41) is 6.14. The topological polar surface area (TPSA) is 92.3 Å². The van der Waals surface area contributed by atoms with Crippen LogP contribution in [0, 0.1) is 16.2 Å². The molecule has 2 N–H and O–H groups in total. The van der Waals surface area contributed by atoms with Crippen LogP contribution in [0.1, 0.15) is 154 Å². The van der Waals surface area contributed by atoms with Gasteiger partial charge >= 0.3 is 0 Å². The molecule has 230 valence electrons. The van der Waals surface area contributed by atoms with Crippen molar-refractivity contribution in [3.8, 4) is 0 Å². The molecule has 0 spiro atoms. The van der Waals surface area contributed by atoms with Crippen LogP contribution >= 0.6 is 0 Å². The summed E-state index contributed by atoms with van der Waals surface area (Å²) in [5.74, 6) is 0.986. The van der Waals surface area contributed by atoms with Gasteiger partial charge in [0.1, 0.15) is 17.3 Å². The molecule has 0 heterocycles. The zero-order valence-corrected chi connectivity index (χ0v) is 27.8. The summed E-state index contributed by atoms with van der Waals surface area (Å²) in [7, 11) is 0. The Morgan fingerprint density at radius 3 is 1.36 bits per heavy atom. The molecule has 6 nitrogen and oxygen atoms in total. The van der Waals surface area contributed by atoms with Gasteiger partial charge in [0.05, 0.1) is 0 Å². The fourth-order valence-corrected chi connectivity index (χ4v) is 3.41. The first-order valence-corrected chi connectivity index (χ1v) is 15.1. The Morgan fingerprint density at radius 2 is 0.949 bits per heavy atom. The van der Waals surface area contributed by atoms with Crippen LogP contribution in [0.5, 0.6) is 0 Å². The standard InChI is InChI=1S/C17H34N2O2.C16H30O2/c1-16(2,3)11-9-14(20)8-7-12-18-15(21)10-13-19-17(4,5)6;1-15(2,3)12-11-13(17)9-7-8-10-14(18)16(4,5)6/h19H,7-13H2,1-6H3,(H,18,21);7-12H2,1-6H3. The normalized spacial score (nSPS) is 12.4. The Labute approximate surface area is 241 Å². The minimum Gasteiger partial charge on any atom is -0.356 e. The highest BCUT2D eigenvalue weighted by atomic mass is 16.2. The van der Waals surface area contributed by atoms with Crippen LogP contribution in [-0.4, -0.2) is 41.9 Å². The summed E-state index contributed by atoms with van der Waals surface area (Å²) in [5.41, 5.74) is 0.248. The fourth-order valence-electron chi connectivity index (χ4n) is 3.41. The number of carbonyl (C=O) groups is 4. The van der Waals surface area contributed by atoms with E-state index in [0.29, 0.717) is 69.0 Å². The van der Waals surface area contributed by atoms with E-state index in [2.05, 4.69) is 72.9 Å². The summed E-state index contributed by atoms with van der Waals surface area (Å²) in [6.07, 6.45) is 7.92. The maximum absolute atomic E-state index is 11.7. The number of unbranched alkanes of at least 4 members (excludes halogenated alkanes) is 1. The van der Waals surface area contributed by atoms with Gasteiger partial charge in [0.2, 0.25) is 5.91 Å². The van der Waals surface area contributed by atoms with Crippen molar-refractivity contribution in [1.29, 1.82) is 0 Å². The van der Waals surface area contributed by atoms with Crippen molar-refractivity contribution in [3.63, 3.8) is 0 Å². The van der Waals surface area contributed by atoms with Gasteiger partial charge in [-0.2, -0.15) is 0 Å². The lowest BCUT2D eigenvalue weighted by molar-refractivity contribution is -0.126. The van der Waals surface area contributed by atoms with Gasteiger partial charge in [-0.25, -0.2) is 0 Å². The van der Waals surface area contributed by atoms with Crippen molar-refractivity contribution >= 4 is 23.3 Å². The average Bonchev–Trinajstić information content (AvgIpc) is 2.74. The maximum atomic E-state index is 11.7. The van der Waals surface area contributed by atoms with Crippen LogP contribution in [0.25, 0.3) is 0 Å². The second-order valence-corrected chi connectivity index (χ2v) is 15.5. The second kappa shape index (κ2) is 18.7. The third kappa shape index (κ3) is 30.8. The molecule has 39 heavy (non-hydrogen) atoms. The molecule has 0 aromatic rings. The van der Waals surface area contributed by atoms with E-state index in [4.69, 9.17) is 0 Å². The van der Waals surface area contributed by atoms with Gasteiger partial charge in [-0.05, 0) is 63.7 Å². The lowest BCUT2D eigenvalue weighted by Crippen LogP contribution is -2.38. The highest BCUT2D eigenvalue weighted by Crippen LogP contribution is 2.23. The molecule has 0 aliphatic heterocycles. The van der Waals surface area contributed by atoms with E-state index >= 15 is 0 Å². The van der Waals surface area contributed by atoms with Crippen LogP contribution in [-0.2, 0) is 19.2 Å². The fraction of sp³-hybridized carbons (Fsp3) is 0.879. The van der Waals surface area contributed by atoms with Gasteiger partial charge in [0.25, 0.3) is 0 Å². The number of Topliss-reactive ketones (excluding diaryl/α,β-unsaturated/α-hetero) is 3. The summed E-state index contributed by atoms with van der Waals surface area (Å²) in [6.45, 7) is 26.3. The van der Waals surface area contributed by atoms with Crippen LogP contribution in [0.2, 0.25) is 0 Å². The monoisotopic (exact) mass is 552 g/mol. The van der Waals surface area contributed by atoms with E-state index < -0.39 is 0 Å². The number of carbonyl (C=O) groups excluding carboxylic acids is 4. The smallest absolute Gasteiger partial charge is 0.221 e. The maximum Gasteiger partial charge on any atom is 0.221 e. The highest BCUT2D eigenvalue weighted by Gasteiger charge is 2.20. The number of ketones is 3. The van der Waals surface area contributed by atoms with Gasteiger partial charge in [0, 0.05) is 62.6 Å². The number of hydrogen-bond acceptors (Lipinski definition) is 5. The van der Waals surface area contributed by atoms with Crippen LogP contribution in [0.3, 0.4) is 0 Å². The highest BCUT2D eigenvalue weighted by molar-refractivity contribution is 5.83. The molecule has 0 aromatic heterocycles.